The van der Waals surface area contributed by atoms with E-state index in [4.69, 9.17) is 5.73 Å². The van der Waals surface area contributed by atoms with Gasteiger partial charge in [-0.2, -0.15) is 0 Å². The molecule has 0 aromatic heterocycles. The molecule has 15 heavy (non-hydrogen) atoms. The number of nitrogen functional groups attached to an aromatic ring is 1. The van der Waals surface area contributed by atoms with Crippen molar-refractivity contribution in [1.82, 2.24) is 0 Å². The molecule has 1 rings (SSSR count). The van der Waals surface area contributed by atoms with Gasteiger partial charge in [0.15, 0.2) is 0 Å². The maximum atomic E-state index is 5.88. The zero-order valence-corrected chi connectivity index (χ0v) is 10.2. The number of anilines is 2. The zero-order chi connectivity index (χ0) is 11.5. The van der Waals surface area contributed by atoms with Crippen LogP contribution in [0.15, 0.2) is 18.2 Å². The van der Waals surface area contributed by atoms with E-state index in [1.165, 1.54) is 5.56 Å². The molecular weight excluding hydrogens is 184 g/mol. The third-order valence-electron chi connectivity index (χ3n) is 2.40. The van der Waals surface area contributed by atoms with Crippen molar-refractivity contribution in [3.05, 3.63) is 23.8 Å². The molecule has 0 heterocycles. The van der Waals surface area contributed by atoms with Crippen molar-refractivity contribution in [2.24, 2.45) is 5.41 Å². The number of nitrogens with one attached hydrogen (secondary N) is 1. The first-order valence-electron chi connectivity index (χ1n) is 5.48. The summed E-state index contributed by atoms with van der Waals surface area (Å²) in [4.78, 5) is 0. The Bertz CT molecular complexity index is 324. The fourth-order valence-corrected chi connectivity index (χ4v) is 1.40. The molecule has 3 N–H and O–H groups in total. The third kappa shape index (κ3) is 4.24. The van der Waals surface area contributed by atoms with Crippen molar-refractivity contribution in [3.63, 3.8) is 0 Å². The predicted octanol–water partition coefficient (Wildman–Crippen LogP) is 3.43. The molecule has 0 aliphatic carbocycles. The molecule has 0 saturated carbocycles. The molecule has 1 aromatic rings. The van der Waals surface area contributed by atoms with Gasteiger partial charge in [-0.25, -0.2) is 0 Å². The highest BCUT2D eigenvalue weighted by Gasteiger charge is 2.09. The van der Waals surface area contributed by atoms with E-state index in [0.29, 0.717) is 5.41 Å². The summed E-state index contributed by atoms with van der Waals surface area (Å²) in [6, 6.07) is 6.08. The molecule has 2 heteroatoms. The first-order valence-corrected chi connectivity index (χ1v) is 5.48. The van der Waals surface area contributed by atoms with Gasteiger partial charge in [-0.3, -0.25) is 0 Å². The quantitative estimate of drug-likeness (QED) is 0.744. The molecule has 0 spiro atoms. The minimum absolute atomic E-state index is 0.367. The topological polar surface area (TPSA) is 38.0 Å². The minimum atomic E-state index is 0.367. The minimum Gasteiger partial charge on any atom is -0.397 e. The van der Waals surface area contributed by atoms with E-state index in [1.54, 1.807) is 0 Å². The Labute approximate surface area is 92.9 Å². The van der Waals surface area contributed by atoms with Crippen LogP contribution in [0.25, 0.3) is 0 Å². The van der Waals surface area contributed by atoms with Crippen LogP contribution in [0.5, 0.6) is 0 Å². The van der Waals surface area contributed by atoms with Crippen LogP contribution in [0.1, 0.15) is 32.8 Å². The molecule has 2 nitrogen and oxygen atoms in total. The van der Waals surface area contributed by atoms with Crippen molar-refractivity contribution >= 4 is 11.4 Å². The Balaban J connectivity index is 2.54. The SMILES string of the molecule is Cc1ccc(N)c(NCCC(C)(C)C)c1. The summed E-state index contributed by atoms with van der Waals surface area (Å²) in [7, 11) is 0. The molecule has 0 atom stereocenters. The predicted molar refractivity (Wildman–Crippen MR) is 68.2 cm³/mol. The van der Waals surface area contributed by atoms with Gasteiger partial charge in [0.1, 0.15) is 0 Å². The zero-order valence-electron chi connectivity index (χ0n) is 10.2. The number of rotatable bonds is 3. The van der Waals surface area contributed by atoms with Crippen molar-refractivity contribution in [2.45, 2.75) is 34.1 Å². The van der Waals surface area contributed by atoms with E-state index in [-0.39, 0.29) is 0 Å². The lowest BCUT2D eigenvalue weighted by Crippen LogP contribution is -2.13. The molecule has 0 fully saturated rings. The van der Waals surface area contributed by atoms with Crippen LogP contribution >= 0.6 is 0 Å². The first kappa shape index (κ1) is 11.9. The van der Waals surface area contributed by atoms with Crippen LogP contribution in [0.3, 0.4) is 0 Å². The summed E-state index contributed by atoms with van der Waals surface area (Å²) in [5.41, 5.74) is 9.36. The molecule has 84 valence electrons. The molecule has 0 aliphatic heterocycles. The van der Waals surface area contributed by atoms with Crippen LogP contribution in [0.2, 0.25) is 0 Å². The number of aryl methyl sites for hydroxylation is 1. The van der Waals surface area contributed by atoms with Crippen LogP contribution in [0.4, 0.5) is 11.4 Å². The molecule has 1 aromatic carbocycles. The number of nitrogens with two attached hydrogens (primary N) is 1. The number of hydrogen-bond acceptors (Lipinski definition) is 2. The van der Waals surface area contributed by atoms with Gasteiger partial charge in [-0.15, -0.1) is 0 Å². The average Bonchev–Trinajstić information content (AvgIpc) is 2.09. The highest BCUT2D eigenvalue weighted by Crippen LogP contribution is 2.22. The molecule has 0 aliphatic rings. The lowest BCUT2D eigenvalue weighted by atomic mass is 9.92. The normalized spacial score (nSPS) is 11.5. The number of benzene rings is 1. The highest BCUT2D eigenvalue weighted by molar-refractivity contribution is 5.66. The second-order valence-corrected chi connectivity index (χ2v) is 5.33. The van der Waals surface area contributed by atoms with Crippen molar-refractivity contribution < 1.29 is 0 Å². The van der Waals surface area contributed by atoms with Crippen LogP contribution in [-0.2, 0) is 0 Å². The summed E-state index contributed by atoms with van der Waals surface area (Å²) in [6.45, 7) is 9.78. The maximum Gasteiger partial charge on any atom is 0.0576 e. The van der Waals surface area contributed by atoms with Gasteiger partial charge in [0, 0.05) is 6.54 Å². The van der Waals surface area contributed by atoms with Crippen LogP contribution in [-0.4, -0.2) is 6.54 Å². The Kier molecular flexibility index (Phi) is 3.61. The molecule has 0 unspecified atom stereocenters. The highest BCUT2D eigenvalue weighted by atomic mass is 14.9. The van der Waals surface area contributed by atoms with Gasteiger partial charge in [-0.1, -0.05) is 26.8 Å². The molecule has 0 bridgehead atoms. The lowest BCUT2D eigenvalue weighted by molar-refractivity contribution is 0.390. The van der Waals surface area contributed by atoms with Crippen molar-refractivity contribution in [3.8, 4) is 0 Å². The second-order valence-electron chi connectivity index (χ2n) is 5.33. The standard InChI is InChI=1S/C13H22N2/c1-10-5-6-11(14)12(9-10)15-8-7-13(2,3)4/h5-6,9,15H,7-8,14H2,1-4H3. The van der Waals surface area contributed by atoms with E-state index in [9.17, 15) is 0 Å². The molecular formula is C13H22N2. The fraction of sp³-hybridized carbons (Fsp3) is 0.538. The van der Waals surface area contributed by atoms with Crippen molar-refractivity contribution in [2.75, 3.05) is 17.6 Å². The first-order chi connectivity index (χ1) is 6.88. The van der Waals surface area contributed by atoms with E-state index >= 15 is 0 Å². The van der Waals surface area contributed by atoms with Crippen LogP contribution in [0, 0.1) is 12.3 Å². The van der Waals surface area contributed by atoms with Gasteiger partial charge in [0.05, 0.1) is 11.4 Å². The van der Waals surface area contributed by atoms with E-state index in [2.05, 4.69) is 39.1 Å². The summed E-state index contributed by atoms with van der Waals surface area (Å²) >= 11 is 0. The summed E-state index contributed by atoms with van der Waals surface area (Å²) in [5.74, 6) is 0. The fourth-order valence-electron chi connectivity index (χ4n) is 1.40. The van der Waals surface area contributed by atoms with Crippen molar-refractivity contribution in [1.29, 1.82) is 0 Å². The van der Waals surface area contributed by atoms with Gasteiger partial charge in [-0.05, 0) is 36.5 Å². The summed E-state index contributed by atoms with van der Waals surface area (Å²) < 4.78 is 0. The number of hydrogen-bond donors (Lipinski definition) is 2. The average molecular weight is 206 g/mol. The Morgan fingerprint density at radius 1 is 1.27 bits per heavy atom. The second kappa shape index (κ2) is 4.56. The summed E-state index contributed by atoms with van der Waals surface area (Å²) in [5, 5.41) is 3.39. The van der Waals surface area contributed by atoms with E-state index < -0.39 is 0 Å². The Hall–Kier alpha value is -1.18. The molecule has 0 amide bonds. The Morgan fingerprint density at radius 3 is 2.53 bits per heavy atom. The van der Waals surface area contributed by atoms with Gasteiger partial charge >= 0.3 is 0 Å². The van der Waals surface area contributed by atoms with E-state index in [1.807, 2.05) is 12.1 Å². The monoisotopic (exact) mass is 206 g/mol. The van der Waals surface area contributed by atoms with Gasteiger partial charge in [0.2, 0.25) is 0 Å². The molecule has 0 saturated heterocycles. The third-order valence-corrected chi connectivity index (χ3v) is 2.40. The van der Waals surface area contributed by atoms with Crippen LogP contribution < -0.4 is 11.1 Å². The lowest BCUT2D eigenvalue weighted by Gasteiger charge is -2.19. The Morgan fingerprint density at radius 2 is 1.93 bits per heavy atom. The largest absolute Gasteiger partial charge is 0.397 e. The maximum absolute atomic E-state index is 5.88. The van der Waals surface area contributed by atoms with Gasteiger partial charge in [0.25, 0.3) is 0 Å². The summed E-state index contributed by atoms with van der Waals surface area (Å²) in [6.07, 6.45) is 1.14. The van der Waals surface area contributed by atoms with Gasteiger partial charge < -0.3 is 11.1 Å². The smallest absolute Gasteiger partial charge is 0.0576 e. The molecule has 0 radical (unpaired) electrons. The van der Waals surface area contributed by atoms with E-state index in [0.717, 1.165) is 24.3 Å².